The maximum absolute atomic E-state index is 12.6. The van der Waals surface area contributed by atoms with Crippen molar-refractivity contribution in [2.75, 3.05) is 0 Å². The normalized spacial score (nSPS) is 10.7. The minimum absolute atomic E-state index is 0.208. The molecule has 4 nitrogen and oxygen atoms in total. The van der Waals surface area contributed by atoms with E-state index in [2.05, 4.69) is 13.0 Å². The quantitative estimate of drug-likeness (QED) is 0.440. The molecule has 29 heavy (non-hydrogen) atoms. The molecule has 0 saturated carbocycles. The Morgan fingerprint density at radius 1 is 0.897 bits per heavy atom. The van der Waals surface area contributed by atoms with Crippen molar-refractivity contribution in [2.45, 2.75) is 20.3 Å². The van der Waals surface area contributed by atoms with E-state index < -0.39 is 0 Å². The van der Waals surface area contributed by atoms with Crippen molar-refractivity contribution in [1.29, 1.82) is 0 Å². The van der Waals surface area contributed by atoms with Gasteiger partial charge in [-0.1, -0.05) is 78.4 Å². The number of hydrogen-bond acceptors (Lipinski definition) is 3. The van der Waals surface area contributed by atoms with Gasteiger partial charge < -0.3 is 4.74 Å². The number of carbonyl (C=O) groups excluding carboxylic acids is 1. The second kappa shape index (κ2) is 8.15. The summed E-state index contributed by atoms with van der Waals surface area (Å²) in [4.78, 5) is 12.6. The van der Waals surface area contributed by atoms with Gasteiger partial charge in [-0.05, 0) is 31.0 Å². The summed E-state index contributed by atoms with van der Waals surface area (Å²) < 4.78 is 7.46. The van der Waals surface area contributed by atoms with E-state index in [1.807, 2.05) is 85.8 Å². The third-order valence-corrected chi connectivity index (χ3v) is 4.74. The molecule has 0 N–H and O–H groups in total. The Kier molecular flexibility index (Phi) is 5.25. The minimum atomic E-state index is -0.318. The van der Waals surface area contributed by atoms with Crippen LogP contribution >= 0.6 is 0 Å². The Hall–Kier alpha value is -3.66. The highest BCUT2D eigenvalue weighted by Gasteiger charge is 2.17. The minimum Gasteiger partial charge on any atom is -0.407 e. The van der Waals surface area contributed by atoms with Gasteiger partial charge in [0.05, 0.1) is 17.8 Å². The van der Waals surface area contributed by atoms with Gasteiger partial charge in [-0.25, -0.2) is 0 Å². The first-order chi connectivity index (χ1) is 14.1. The second-order valence-corrected chi connectivity index (χ2v) is 7.07. The number of benzene rings is 3. The lowest BCUT2D eigenvalue weighted by molar-refractivity contribution is -0.134. The molecule has 0 unspecified atom stereocenters. The lowest BCUT2D eigenvalue weighted by Crippen LogP contribution is -2.14. The van der Waals surface area contributed by atoms with Crippen LogP contribution in [0.1, 0.15) is 16.7 Å². The van der Waals surface area contributed by atoms with Gasteiger partial charge in [-0.3, -0.25) is 4.79 Å². The van der Waals surface area contributed by atoms with Crippen molar-refractivity contribution >= 4 is 5.97 Å². The maximum Gasteiger partial charge on any atom is 0.316 e. The SMILES string of the molecule is Cc1ccc(-n2nc(-c3ccccc3)cc2OC(=O)Cc2ccccc2)c(C)c1. The van der Waals surface area contributed by atoms with Gasteiger partial charge in [0.15, 0.2) is 0 Å². The molecule has 144 valence electrons. The van der Waals surface area contributed by atoms with E-state index in [0.717, 1.165) is 28.1 Å². The van der Waals surface area contributed by atoms with Crippen LogP contribution in [0.25, 0.3) is 16.9 Å². The van der Waals surface area contributed by atoms with Crippen LogP contribution in [0, 0.1) is 13.8 Å². The maximum atomic E-state index is 12.6. The standard InChI is InChI=1S/C25H22N2O2/c1-18-13-14-23(19(2)15-18)27-24(17-22(26-27)21-11-7-4-8-12-21)29-25(28)16-20-9-5-3-6-10-20/h3-15,17H,16H2,1-2H3. The monoisotopic (exact) mass is 382 g/mol. The lowest BCUT2D eigenvalue weighted by atomic mass is 10.1. The largest absolute Gasteiger partial charge is 0.407 e. The molecular formula is C25H22N2O2. The molecule has 0 spiro atoms. The molecule has 1 aromatic heterocycles. The topological polar surface area (TPSA) is 44.1 Å². The third-order valence-electron chi connectivity index (χ3n) is 4.74. The molecule has 3 aromatic carbocycles. The van der Waals surface area contributed by atoms with E-state index in [-0.39, 0.29) is 12.4 Å². The number of aryl methyl sites for hydroxylation is 2. The molecule has 0 bridgehead atoms. The third kappa shape index (κ3) is 4.27. The van der Waals surface area contributed by atoms with E-state index in [1.54, 1.807) is 4.68 Å². The van der Waals surface area contributed by atoms with E-state index in [9.17, 15) is 4.79 Å². The van der Waals surface area contributed by atoms with Crippen molar-refractivity contribution in [1.82, 2.24) is 9.78 Å². The van der Waals surface area contributed by atoms with Crippen LogP contribution in [0.4, 0.5) is 0 Å². The number of aromatic nitrogens is 2. The van der Waals surface area contributed by atoms with Gasteiger partial charge in [0.2, 0.25) is 5.88 Å². The van der Waals surface area contributed by atoms with Crippen LogP contribution in [0.3, 0.4) is 0 Å². The van der Waals surface area contributed by atoms with Crippen molar-refractivity contribution < 1.29 is 9.53 Å². The fraction of sp³-hybridized carbons (Fsp3) is 0.120. The highest BCUT2D eigenvalue weighted by molar-refractivity contribution is 5.75. The number of ether oxygens (including phenoxy) is 1. The van der Waals surface area contributed by atoms with Gasteiger partial charge in [0.25, 0.3) is 0 Å². The van der Waals surface area contributed by atoms with Gasteiger partial charge in [0, 0.05) is 11.6 Å². The molecule has 0 amide bonds. The molecule has 4 heteroatoms. The summed E-state index contributed by atoms with van der Waals surface area (Å²) in [5.41, 5.74) is 5.76. The Labute approximate surface area is 170 Å². The molecule has 0 aliphatic carbocycles. The van der Waals surface area contributed by atoms with Crippen molar-refractivity contribution in [3.63, 3.8) is 0 Å². The predicted octanol–water partition coefficient (Wildman–Crippen LogP) is 5.30. The smallest absolute Gasteiger partial charge is 0.316 e. The van der Waals surface area contributed by atoms with Crippen LogP contribution in [0.2, 0.25) is 0 Å². The fourth-order valence-corrected chi connectivity index (χ4v) is 3.32. The average molecular weight is 382 g/mol. The molecule has 0 saturated heterocycles. The van der Waals surface area contributed by atoms with Gasteiger partial charge in [0.1, 0.15) is 0 Å². The van der Waals surface area contributed by atoms with Crippen LogP contribution < -0.4 is 4.74 Å². The van der Waals surface area contributed by atoms with E-state index >= 15 is 0 Å². The molecule has 0 radical (unpaired) electrons. The zero-order chi connectivity index (χ0) is 20.2. The lowest BCUT2D eigenvalue weighted by Gasteiger charge is -2.11. The number of esters is 1. The molecule has 0 fully saturated rings. The summed E-state index contributed by atoms with van der Waals surface area (Å²) in [5.74, 6) is 0.0958. The molecule has 4 rings (SSSR count). The molecule has 1 heterocycles. The van der Waals surface area contributed by atoms with Crippen molar-refractivity contribution in [3.8, 4) is 22.8 Å². The zero-order valence-electron chi connectivity index (χ0n) is 16.5. The average Bonchev–Trinajstić information content (AvgIpc) is 3.13. The number of rotatable bonds is 5. The molecule has 0 aliphatic heterocycles. The fourth-order valence-electron chi connectivity index (χ4n) is 3.32. The zero-order valence-corrected chi connectivity index (χ0v) is 16.5. The Bertz CT molecular complexity index is 1130. The van der Waals surface area contributed by atoms with Gasteiger partial charge in [-0.15, -0.1) is 0 Å². The Morgan fingerprint density at radius 2 is 1.59 bits per heavy atom. The van der Waals surface area contributed by atoms with Crippen LogP contribution in [-0.2, 0) is 11.2 Å². The number of hydrogen-bond donors (Lipinski definition) is 0. The van der Waals surface area contributed by atoms with E-state index in [0.29, 0.717) is 5.88 Å². The molecular weight excluding hydrogens is 360 g/mol. The van der Waals surface area contributed by atoms with E-state index in [1.165, 1.54) is 5.56 Å². The highest BCUT2D eigenvalue weighted by atomic mass is 16.5. The van der Waals surface area contributed by atoms with Gasteiger partial charge >= 0.3 is 5.97 Å². The Morgan fingerprint density at radius 3 is 2.28 bits per heavy atom. The van der Waals surface area contributed by atoms with Crippen LogP contribution in [-0.4, -0.2) is 15.7 Å². The summed E-state index contributed by atoms with van der Waals surface area (Å²) in [6.45, 7) is 4.08. The summed E-state index contributed by atoms with van der Waals surface area (Å²) in [5, 5.41) is 4.74. The predicted molar refractivity (Wildman–Crippen MR) is 114 cm³/mol. The summed E-state index contributed by atoms with van der Waals surface area (Å²) in [6, 6.07) is 27.4. The van der Waals surface area contributed by atoms with E-state index in [4.69, 9.17) is 9.84 Å². The summed E-state index contributed by atoms with van der Waals surface area (Å²) in [7, 11) is 0. The first kappa shape index (κ1) is 18.7. The van der Waals surface area contributed by atoms with Gasteiger partial charge in [-0.2, -0.15) is 9.78 Å². The second-order valence-electron chi connectivity index (χ2n) is 7.07. The van der Waals surface area contributed by atoms with Crippen molar-refractivity contribution in [2.24, 2.45) is 0 Å². The first-order valence-electron chi connectivity index (χ1n) is 9.58. The summed E-state index contributed by atoms with van der Waals surface area (Å²) >= 11 is 0. The molecule has 0 aliphatic rings. The number of carbonyl (C=O) groups is 1. The van der Waals surface area contributed by atoms with Crippen molar-refractivity contribution in [3.05, 3.63) is 102 Å². The van der Waals surface area contributed by atoms with Crippen LogP contribution in [0.5, 0.6) is 5.88 Å². The molecule has 4 aromatic rings. The first-order valence-corrected chi connectivity index (χ1v) is 9.58. The van der Waals surface area contributed by atoms with Crippen LogP contribution in [0.15, 0.2) is 84.9 Å². The summed E-state index contributed by atoms with van der Waals surface area (Å²) in [6.07, 6.45) is 0.208. The Balaban J connectivity index is 1.71. The highest BCUT2D eigenvalue weighted by Crippen LogP contribution is 2.28. The number of nitrogens with zero attached hydrogens (tertiary/aromatic N) is 2. The molecule has 0 atom stereocenters.